The summed E-state index contributed by atoms with van der Waals surface area (Å²) < 4.78 is 21.3. The van der Waals surface area contributed by atoms with Gasteiger partial charge in [0, 0.05) is 13.2 Å². The van der Waals surface area contributed by atoms with Gasteiger partial charge >= 0.3 is 5.97 Å². The van der Waals surface area contributed by atoms with Crippen molar-refractivity contribution in [3.63, 3.8) is 0 Å². The van der Waals surface area contributed by atoms with E-state index in [1.807, 2.05) is 6.07 Å². The molecule has 0 aliphatic carbocycles. The van der Waals surface area contributed by atoms with Gasteiger partial charge in [0.15, 0.2) is 11.5 Å². The number of benzene rings is 2. The molecule has 166 valence electrons. The zero-order chi connectivity index (χ0) is 22.9. The maximum absolute atomic E-state index is 12.4. The van der Waals surface area contributed by atoms with E-state index in [1.54, 1.807) is 49.6 Å². The van der Waals surface area contributed by atoms with Crippen LogP contribution in [0.1, 0.15) is 28.8 Å². The molecule has 0 bridgehead atoms. The summed E-state index contributed by atoms with van der Waals surface area (Å²) >= 11 is 0. The molecule has 1 saturated heterocycles. The van der Waals surface area contributed by atoms with Crippen LogP contribution in [-0.2, 0) is 9.53 Å². The van der Waals surface area contributed by atoms with Crippen LogP contribution in [0.3, 0.4) is 0 Å². The molecule has 1 N–H and O–H groups in total. The normalized spacial score (nSPS) is 15.5. The first-order chi connectivity index (χ1) is 15.5. The number of nitriles is 1. The lowest BCUT2D eigenvalue weighted by molar-refractivity contribution is -0.117. The van der Waals surface area contributed by atoms with Gasteiger partial charge in [-0.05, 0) is 60.9 Å². The molecule has 2 aromatic carbocycles. The number of hydrogen-bond donors (Lipinski definition) is 1. The molecule has 1 atom stereocenters. The predicted molar refractivity (Wildman–Crippen MR) is 117 cm³/mol. The van der Waals surface area contributed by atoms with Gasteiger partial charge in [-0.1, -0.05) is 6.07 Å². The molecule has 1 unspecified atom stereocenters. The van der Waals surface area contributed by atoms with Crippen molar-refractivity contribution in [3.8, 4) is 23.3 Å². The summed E-state index contributed by atoms with van der Waals surface area (Å²) in [6, 6.07) is 13.2. The molecule has 0 saturated carbocycles. The summed E-state index contributed by atoms with van der Waals surface area (Å²) in [6.45, 7) is 1.05. The molecular formula is C24H24N2O6. The molecule has 32 heavy (non-hydrogen) atoms. The minimum Gasteiger partial charge on any atom is -0.497 e. The van der Waals surface area contributed by atoms with Crippen molar-refractivity contribution in [2.24, 2.45) is 0 Å². The first kappa shape index (κ1) is 22.8. The third kappa shape index (κ3) is 5.86. The predicted octanol–water partition coefficient (Wildman–Crippen LogP) is 3.13. The topological polar surface area (TPSA) is 107 Å². The molecule has 1 aliphatic heterocycles. The first-order valence-electron chi connectivity index (χ1n) is 10.1. The van der Waals surface area contributed by atoms with Gasteiger partial charge in [0.05, 0.1) is 25.9 Å². The number of nitrogens with zero attached hydrogens (tertiary/aromatic N) is 1. The number of esters is 1. The van der Waals surface area contributed by atoms with Crippen LogP contribution in [0.5, 0.6) is 17.2 Å². The summed E-state index contributed by atoms with van der Waals surface area (Å²) in [5.41, 5.74) is 0.856. The van der Waals surface area contributed by atoms with Gasteiger partial charge in [0.1, 0.15) is 17.4 Å². The monoisotopic (exact) mass is 436 g/mol. The number of amides is 1. The van der Waals surface area contributed by atoms with Crippen LogP contribution in [0.25, 0.3) is 6.08 Å². The SMILES string of the molecule is COc1ccc(C(=O)Oc2ccc(/C=C(/C#N)C(=O)NCC3CCCO3)cc2OC)cc1. The van der Waals surface area contributed by atoms with Crippen molar-refractivity contribution in [2.75, 3.05) is 27.4 Å². The van der Waals surface area contributed by atoms with Gasteiger partial charge in [-0.25, -0.2) is 4.79 Å². The molecule has 0 aromatic heterocycles. The van der Waals surface area contributed by atoms with Gasteiger partial charge in [0.25, 0.3) is 5.91 Å². The van der Waals surface area contributed by atoms with Crippen LogP contribution in [0.4, 0.5) is 0 Å². The molecule has 2 aromatic rings. The molecule has 1 aliphatic rings. The van der Waals surface area contributed by atoms with Crippen LogP contribution in [0.15, 0.2) is 48.0 Å². The Bertz CT molecular complexity index is 1030. The quantitative estimate of drug-likeness (QED) is 0.293. The number of rotatable bonds is 8. The number of carbonyl (C=O) groups excluding carboxylic acids is 2. The highest BCUT2D eigenvalue weighted by atomic mass is 16.6. The van der Waals surface area contributed by atoms with Crippen molar-refractivity contribution in [3.05, 3.63) is 59.2 Å². The number of methoxy groups -OCH3 is 2. The van der Waals surface area contributed by atoms with E-state index < -0.39 is 11.9 Å². The number of ether oxygens (including phenoxy) is 4. The molecular weight excluding hydrogens is 412 g/mol. The molecule has 8 nitrogen and oxygen atoms in total. The number of nitrogens with one attached hydrogen (secondary N) is 1. The Morgan fingerprint density at radius 1 is 1.16 bits per heavy atom. The van der Waals surface area contributed by atoms with E-state index in [9.17, 15) is 14.9 Å². The summed E-state index contributed by atoms with van der Waals surface area (Å²) in [4.78, 5) is 24.8. The lowest BCUT2D eigenvalue weighted by atomic mass is 10.1. The zero-order valence-electron chi connectivity index (χ0n) is 17.9. The largest absolute Gasteiger partial charge is 0.497 e. The van der Waals surface area contributed by atoms with Crippen molar-refractivity contribution in [2.45, 2.75) is 18.9 Å². The van der Waals surface area contributed by atoms with Crippen molar-refractivity contribution >= 4 is 18.0 Å². The average Bonchev–Trinajstić information content (AvgIpc) is 3.35. The van der Waals surface area contributed by atoms with Crippen LogP contribution < -0.4 is 19.5 Å². The summed E-state index contributed by atoms with van der Waals surface area (Å²) in [5.74, 6) is 0.102. The van der Waals surface area contributed by atoms with Crippen LogP contribution in [0.2, 0.25) is 0 Å². The second kappa shape index (κ2) is 11.0. The van der Waals surface area contributed by atoms with E-state index in [0.717, 1.165) is 12.8 Å². The van der Waals surface area contributed by atoms with E-state index in [1.165, 1.54) is 13.2 Å². The molecule has 1 fully saturated rings. The van der Waals surface area contributed by atoms with Gasteiger partial charge in [-0.3, -0.25) is 4.79 Å². The molecule has 8 heteroatoms. The Hall–Kier alpha value is -3.83. The highest BCUT2D eigenvalue weighted by molar-refractivity contribution is 6.01. The fraction of sp³-hybridized carbons (Fsp3) is 0.292. The molecule has 3 rings (SSSR count). The summed E-state index contributed by atoms with van der Waals surface area (Å²) in [6.07, 6.45) is 3.29. The summed E-state index contributed by atoms with van der Waals surface area (Å²) in [7, 11) is 2.98. The molecule has 1 heterocycles. The van der Waals surface area contributed by atoms with Crippen molar-refractivity contribution in [1.29, 1.82) is 5.26 Å². The van der Waals surface area contributed by atoms with Crippen LogP contribution in [0, 0.1) is 11.3 Å². The lowest BCUT2D eigenvalue weighted by Gasteiger charge is -2.11. The van der Waals surface area contributed by atoms with E-state index >= 15 is 0 Å². The van der Waals surface area contributed by atoms with Gasteiger partial charge in [-0.2, -0.15) is 5.26 Å². The molecule has 1 amide bonds. The Kier molecular flexibility index (Phi) is 7.84. The average molecular weight is 436 g/mol. The molecule has 0 spiro atoms. The maximum atomic E-state index is 12.4. The van der Waals surface area contributed by atoms with Crippen LogP contribution >= 0.6 is 0 Å². The lowest BCUT2D eigenvalue weighted by Crippen LogP contribution is -2.32. The second-order valence-corrected chi connectivity index (χ2v) is 7.04. The Balaban J connectivity index is 1.70. The Labute approximate surface area is 186 Å². The highest BCUT2D eigenvalue weighted by Gasteiger charge is 2.18. The third-order valence-electron chi connectivity index (χ3n) is 4.91. The smallest absolute Gasteiger partial charge is 0.343 e. The second-order valence-electron chi connectivity index (χ2n) is 7.04. The van der Waals surface area contributed by atoms with Gasteiger partial charge in [-0.15, -0.1) is 0 Å². The van der Waals surface area contributed by atoms with Crippen LogP contribution in [-0.4, -0.2) is 45.4 Å². The minimum absolute atomic E-state index is 0.0151. The van der Waals surface area contributed by atoms with E-state index in [-0.39, 0.29) is 23.2 Å². The minimum atomic E-state index is -0.555. The third-order valence-corrected chi connectivity index (χ3v) is 4.91. The standard InChI is InChI=1S/C24H24N2O6/c1-29-19-8-6-17(7-9-19)24(28)32-21-10-5-16(13-22(21)30-2)12-18(14-25)23(27)26-15-20-4-3-11-31-20/h5-10,12-13,20H,3-4,11,15H2,1-2H3,(H,26,27)/b18-12-. The van der Waals surface area contributed by atoms with Gasteiger partial charge in [0.2, 0.25) is 0 Å². The van der Waals surface area contributed by atoms with E-state index in [0.29, 0.717) is 30.0 Å². The van der Waals surface area contributed by atoms with Gasteiger partial charge < -0.3 is 24.3 Å². The zero-order valence-corrected chi connectivity index (χ0v) is 17.9. The first-order valence-corrected chi connectivity index (χ1v) is 10.1. The molecule has 0 radical (unpaired) electrons. The van der Waals surface area contributed by atoms with Crippen molar-refractivity contribution < 1.29 is 28.5 Å². The summed E-state index contributed by atoms with van der Waals surface area (Å²) in [5, 5.41) is 12.1. The maximum Gasteiger partial charge on any atom is 0.343 e. The van der Waals surface area contributed by atoms with E-state index in [4.69, 9.17) is 18.9 Å². The Morgan fingerprint density at radius 2 is 1.94 bits per heavy atom. The Morgan fingerprint density at radius 3 is 2.56 bits per heavy atom. The van der Waals surface area contributed by atoms with E-state index in [2.05, 4.69) is 5.32 Å². The van der Waals surface area contributed by atoms with Crippen molar-refractivity contribution in [1.82, 2.24) is 5.32 Å². The fourth-order valence-electron chi connectivity index (χ4n) is 3.17. The fourth-order valence-corrected chi connectivity index (χ4v) is 3.17. The highest BCUT2D eigenvalue weighted by Crippen LogP contribution is 2.30. The number of hydrogen-bond acceptors (Lipinski definition) is 7. The number of carbonyl (C=O) groups is 2.